The summed E-state index contributed by atoms with van der Waals surface area (Å²) in [4.78, 5) is 4.58. The monoisotopic (exact) mass is 200 g/mol. The maximum atomic E-state index is 5.99. The summed E-state index contributed by atoms with van der Waals surface area (Å²) in [5.41, 5.74) is 9.27. The summed E-state index contributed by atoms with van der Waals surface area (Å²) in [6.45, 7) is 4.19. The molecule has 0 amide bonds. The van der Waals surface area contributed by atoms with Gasteiger partial charge in [0.15, 0.2) is 0 Å². The first-order valence-electron chi connectivity index (χ1n) is 5.34. The fourth-order valence-corrected chi connectivity index (χ4v) is 1.77. The molecular formula is C13H16N2. The number of nitrogens with zero attached hydrogens (tertiary/aromatic N) is 1. The fourth-order valence-electron chi connectivity index (χ4n) is 1.77. The number of aromatic nitrogens is 1. The molecule has 78 valence electrons. The molecule has 0 aliphatic rings. The first kappa shape index (κ1) is 10.1. The Morgan fingerprint density at radius 1 is 1.33 bits per heavy atom. The molecule has 0 unspecified atom stereocenters. The average Bonchev–Trinajstić information content (AvgIpc) is 2.28. The van der Waals surface area contributed by atoms with E-state index in [0.717, 1.165) is 17.6 Å². The van der Waals surface area contributed by atoms with Crippen molar-refractivity contribution in [1.29, 1.82) is 0 Å². The van der Waals surface area contributed by atoms with Crippen LogP contribution in [0, 0.1) is 6.92 Å². The highest BCUT2D eigenvalue weighted by Gasteiger charge is 2.07. The number of nitrogens with two attached hydrogens (primary N) is 1. The Bertz CT molecular complexity index is 477. The Kier molecular flexibility index (Phi) is 2.69. The zero-order chi connectivity index (χ0) is 10.8. The molecule has 1 aromatic heterocycles. The lowest BCUT2D eigenvalue weighted by Gasteiger charge is -2.11. The predicted molar refractivity (Wildman–Crippen MR) is 63.7 cm³/mol. The van der Waals surface area contributed by atoms with Crippen LogP contribution in [0.3, 0.4) is 0 Å². The molecule has 0 aliphatic carbocycles. The van der Waals surface area contributed by atoms with Crippen LogP contribution in [-0.2, 0) is 0 Å². The van der Waals surface area contributed by atoms with E-state index in [2.05, 4.69) is 31.0 Å². The second-order valence-corrected chi connectivity index (χ2v) is 3.90. The van der Waals surface area contributed by atoms with E-state index in [-0.39, 0.29) is 6.04 Å². The Hall–Kier alpha value is -1.41. The number of hydrogen-bond acceptors (Lipinski definition) is 2. The molecule has 0 saturated heterocycles. The molecule has 2 nitrogen and oxygen atoms in total. The lowest BCUT2D eigenvalue weighted by Crippen LogP contribution is -2.11. The predicted octanol–water partition coefficient (Wildman–Crippen LogP) is 2.95. The van der Waals surface area contributed by atoms with Crippen molar-refractivity contribution in [2.45, 2.75) is 26.3 Å². The van der Waals surface area contributed by atoms with Crippen molar-refractivity contribution in [3.63, 3.8) is 0 Å². The van der Waals surface area contributed by atoms with Crippen LogP contribution in [0.2, 0.25) is 0 Å². The molecule has 0 spiro atoms. The molecule has 2 rings (SSSR count). The molecule has 0 radical (unpaired) electrons. The van der Waals surface area contributed by atoms with Crippen molar-refractivity contribution < 1.29 is 0 Å². The Balaban J connectivity index is 2.62. The Morgan fingerprint density at radius 3 is 2.80 bits per heavy atom. The molecule has 0 aliphatic heterocycles. The largest absolute Gasteiger partial charge is 0.323 e. The Labute approximate surface area is 90.1 Å². The summed E-state index contributed by atoms with van der Waals surface area (Å²) in [7, 11) is 0. The zero-order valence-corrected chi connectivity index (χ0v) is 9.20. The van der Waals surface area contributed by atoms with Crippen LogP contribution in [0.5, 0.6) is 0 Å². The normalized spacial score (nSPS) is 13.0. The van der Waals surface area contributed by atoms with Gasteiger partial charge in [-0.1, -0.05) is 25.1 Å². The van der Waals surface area contributed by atoms with Crippen LogP contribution < -0.4 is 5.73 Å². The van der Waals surface area contributed by atoms with Crippen molar-refractivity contribution in [3.05, 3.63) is 41.6 Å². The lowest BCUT2D eigenvalue weighted by atomic mass is 10.1. The van der Waals surface area contributed by atoms with E-state index in [0.29, 0.717) is 0 Å². The van der Waals surface area contributed by atoms with Gasteiger partial charge < -0.3 is 5.73 Å². The van der Waals surface area contributed by atoms with Crippen molar-refractivity contribution in [2.75, 3.05) is 0 Å². The van der Waals surface area contributed by atoms with Crippen molar-refractivity contribution in [2.24, 2.45) is 5.73 Å². The Morgan fingerprint density at radius 2 is 2.07 bits per heavy atom. The van der Waals surface area contributed by atoms with Crippen LogP contribution in [-0.4, -0.2) is 4.98 Å². The summed E-state index contributed by atoms with van der Waals surface area (Å²) in [6, 6.07) is 10.3. The number of benzene rings is 1. The van der Waals surface area contributed by atoms with Gasteiger partial charge in [0.1, 0.15) is 0 Å². The molecular weight excluding hydrogens is 184 g/mol. The van der Waals surface area contributed by atoms with Gasteiger partial charge in [0.05, 0.1) is 11.2 Å². The number of aryl methyl sites for hydroxylation is 1. The minimum absolute atomic E-state index is 0.0494. The highest BCUT2D eigenvalue weighted by atomic mass is 14.8. The van der Waals surface area contributed by atoms with E-state index in [1.807, 2.05) is 18.2 Å². The minimum Gasteiger partial charge on any atom is -0.323 e. The number of hydrogen-bond donors (Lipinski definition) is 1. The third-order valence-electron chi connectivity index (χ3n) is 2.76. The van der Waals surface area contributed by atoms with Gasteiger partial charge in [-0.25, -0.2) is 0 Å². The summed E-state index contributed by atoms with van der Waals surface area (Å²) in [5, 5.41) is 1.21. The third-order valence-corrected chi connectivity index (χ3v) is 2.76. The summed E-state index contributed by atoms with van der Waals surface area (Å²) in [5.74, 6) is 0. The van der Waals surface area contributed by atoms with Crippen LogP contribution in [0.25, 0.3) is 10.9 Å². The van der Waals surface area contributed by atoms with Gasteiger partial charge in [0.25, 0.3) is 0 Å². The van der Waals surface area contributed by atoms with Crippen LogP contribution in [0.15, 0.2) is 30.3 Å². The molecule has 0 saturated carbocycles. The molecule has 2 N–H and O–H groups in total. The minimum atomic E-state index is 0.0494. The van der Waals surface area contributed by atoms with Gasteiger partial charge in [-0.15, -0.1) is 0 Å². The molecule has 2 heteroatoms. The van der Waals surface area contributed by atoms with E-state index < -0.39 is 0 Å². The smallest absolute Gasteiger partial charge is 0.0708 e. The molecule has 1 atom stereocenters. The van der Waals surface area contributed by atoms with Gasteiger partial charge >= 0.3 is 0 Å². The van der Waals surface area contributed by atoms with Crippen LogP contribution >= 0.6 is 0 Å². The molecule has 2 aromatic rings. The van der Waals surface area contributed by atoms with Gasteiger partial charge in [0.2, 0.25) is 0 Å². The second-order valence-electron chi connectivity index (χ2n) is 3.90. The van der Waals surface area contributed by atoms with E-state index >= 15 is 0 Å². The molecule has 1 aromatic carbocycles. The van der Waals surface area contributed by atoms with Gasteiger partial charge in [-0.2, -0.15) is 0 Å². The third kappa shape index (κ3) is 1.85. The highest BCUT2D eigenvalue weighted by molar-refractivity contribution is 5.82. The second kappa shape index (κ2) is 3.99. The highest BCUT2D eigenvalue weighted by Crippen LogP contribution is 2.20. The SMILES string of the molecule is CC[C@H](N)c1cc(C)c2ccccc2n1. The van der Waals surface area contributed by atoms with Gasteiger partial charge in [-0.05, 0) is 31.0 Å². The summed E-state index contributed by atoms with van der Waals surface area (Å²) in [6.07, 6.45) is 0.921. The maximum Gasteiger partial charge on any atom is 0.0708 e. The van der Waals surface area contributed by atoms with Crippen molar-refractivity contribution in [1.82, 2.24) is 4.98 Å². The first-order valence-corrected chi connectivity index (χ1v) is 5.34. The summed E-state index contributed by atoms with van der Waals surface area (Å²) >= 11 is 0. The quantitative estimate of drug-likeness (QED) is 0.809. The van der Waals surface area contributed by atoms with Crippen LogP contribution in [0.1, 0.15) is 30.6 Å². The molecule has 1 heterocycles. The summed E-state index contributed by atoms with van der Waals surface area (Å²) < 4.78 is 0. The van der Waals surface area contributed by atoms with E-state index in [4.69, 9.17) is 5.73 Å². The number of pyridine rings is 1. The van der Waals surface area contributed by atoms with E-state index in [9.17, 15) is 0 Å². The molecule has 0 bridgehead atoms. The standard InChI is InChI=1S/C13H16N2/c1-3-11(14)13-8-9(2)10-6-4-5-7-12(10)15-13/h4-8,11H,3,14H2,1-2H3/t11-/m0/s1. The maximum absolute atomic E-state index is 5.99. The van der Waals surface area contributed by atoms with E-state index in [1.165, 1.54) is 10.9 Å². The number of rotatable bonds is 2. The topological polar surface area (TPSA) is 38.9 Å². The average molecular weight is 200 g/mol. The van der Waals surface area contributed by atoms with Crippen molar-refractivity contribution >= 4 is 10.9 Å². The first-order chi connectivity index (χ1) is 7.22. The molecule has 0 fully saturated rings. The lowest BCUT2D eigenvalue weighted by molar-refractivity contribution is 0.678. The number of fused-ring (bicyclic) bond motifs is 1. The van der Waals surface area contributed by atoms with Crippen LogP contribution in [0.4, 0.5) is 0 Å². The van der Waals surface area contributed by atoms with Gasteiger partial charge in [0, 0.05) is 11.4 Å². The zero-order valence-electron chi connectivity index (χ0n) is 9.20. The van der Waals surface area contributed by atoms with E-state index in [1.54, 1.807) is 0 Å². The van der Waals surface area contributed by atoms with Crippen molar-refractivity contribution in [3.8, 4) is 0 Å². The molecule has 15 heavy (non-hydrogen) atoms. The van der Waals surface area contributed by atoms with Gasteiger partial charge in [-0.3, -0.25) is 4.98 Å². The fraction of sp³-hybridized carbons (Fsp3) is 0.308. The number of para-hydroxylation sites is 1.